The molecule has 0 aliphatic heterocycles. The topological polar surface area (TPSA) is 44.5 Å². The summed E-state index contributed by atoms with van der Waals surface area (Å²) in [7, 11) is 12.7. The first-order chi connectivity index (χ1) is 13.4. The molecule has 0 spiro atoms. The van der Waals surface area contributed by atoms with E-state index in [1.165, 1.54) is 4.90 Å². The minimum atomic E-state index is 0.871. The van der Waals surface area contributed by atoms with Gasteiger partial charge in [0, 0.05) is 37.9 Å². The summed E-state index contributed by atoms with van der Waals surface area (Å²) in [6.45, 7) is 4.10. The van der Waals surface area contributed by atoms with Gasteiger partial charge in [0.2, 0.25) is 0 Å². The molecule has 1 aromatic heterocycles. The maximum Gasteiger partial charge on any atom is 0.421 e. The predicted octanol–water partition coefficient (Wildman–Crippen LogP) is 1.74. The standard InChI is InChI=1S/C21H36N7/c1-24(2)13-7-15-27-17-18-28(16-8-14-25(3)4)21(27)23-22-19-9-11-20(12-10-19)26(5)6/h9-12,17-18H,7-8,13-16H2,1-6H3/q+1/p+1. The Balaban J connectivity index is 2.15. The van der Waals surface area contributed by atoms with Crippen molar-refractivity contribution >= 4 is 17.3 Å². The van der Waals surface area contributed by atoms with Gasteiger partial charge in [0.05, 0.1) is 46.1 Å². The van der Waals surface area contributed by atoms with Gasteiger partial charge in [-0.15, -0.1) is 0 Å². The number of benzene rings is 1. The molecule has 0 aliphatic rings. The zero-order valence-electron chi connectivity index (χ0n) is 18.4. The molecule has 2 aromatic rings. The second-order valence-corrected chi connectivity index (χ2v) is 8.06. The molecule has 0 saturated heterocycles. The second kappa shape index (κ2) is 10.9. The number of quaternary nitrogens is 1. The van der Waals surface area contributed by atoms with Crippen LogP contribution in [0.15, 0.2) is 46.9 Å². The van der Waals surface area contributed by atoms with E-state index in [1.54, 1.807) is 0 Å². The van der Waals surface area contributed by atoms with Crippen molar-refractivity contribution in [2.24, 2.45) is 10.2 Å². The summed E-state index contributed by atoms with van der Waals surface area (Å²) in [6.07, 6.45) is 6.46. The van der Waals surface area contributed by atoms with Gasteiger partial charge >= 0.3 is 5.95 Å². The van der Waals surface area contributed by atoms with E-state index in [2.05, 4.69) is 81.9 Å². The van der Waals surface area contributed by atoms with Gasteiger partial charge in [0.25, 0.3) is 0 Å². The summed E-state index contributed by atoms with van der Waals surface area (Å²) in [4.78, 5) is 5.76. The van der Waals surface area contributed by atoms with Crippen LogP contribution in [0.2, 0.25) is 0 Å². The van der Waals surface area contributed by atoms with Crippen LogP contribution in [-0.2, 0) is 13.1 Å². The summed E-state index contributed by atoms with van der Waals surface area (Å²) >= 11 is 0. The number of rotatable bonds is 11. The number of hydrogen-bond acceptors (Lipinski definition) is 4. The third-order valence-electron chi connectivity index (χ3n) is 4.64. The van der Waals surface area contributed by atoms with Crippen LogP contribution in [0.25, 0.3) is 0 Å². The fourth-order valence-electron chi connectivity index (χ4n) is 3.00. The second-order valence-electron chi connectivity index (χ2n) is 8.06. The summed E-state index contributed by atoms with van der Waals surface area (Å²) in [5, 5.41) is 9.13. The molecule has 0 unspecified atom stereocenters. The average Bonchev–Trinajstić information content (AvgIpc) is 3.01. The summed E-state index contributed by atoms with van der Waals surface area (Å²) in [5.41, 5.74) is 2.03. The molecule has 1 N–H and O–H groups in total. The molecule has 0 amide bonds. The zero-order chi connectivity index (χ0) is 20.5. The normalized spacial score (nSPS) is 11.9. The fraction of sp³-hybridized carbons (Fsp3) is 0.571. The highest BCUT2D eigenvalue weighted by molar-refractivity contribution is 5.51. The molecule has 1 aromatic carbocycles. The predicted molar refractivity (Wildman–Crippen MR) is 115 cm³/mol. The Labute approximate surface area is 169 Å². The van der Waals surface area contributed by atoms with Crippen LogP contribution in [0.1, 0.15) is 12.8 Å². The van der Waals surface area contributed by atoms with Crippen molar-refractivity contribution in [3.63, 3.8) is 0 Å². The van der Waals surface area contributed by atoms with E-state index in [1.807, 2.05) is 26.2 Å². The lowest BCUT2D eigenvalue weighted by Crippen LogP contribution is -3.05. The molecule has 0 saturated carbocycles. The van der Waals surface area contributed by atoms with Gasteiger partial charge in [-0.3, -0.25) is 0 Å². The smallest absolute Gasteiger partial charge is 0.378 e. The molecule has 1 heterocycles. The first-order valence-corrected chi connectivity index (χ1v) is 10.1. The maximum atomic E-state index is 4.62. The molecule has 0 aliphatic carbocycles. The number of hydrogen-bond donors (Lipinski definition) is 1. The Hall–Kier alpha value is -2.25. The average molecular weight is 388 g/mol. The minimum Gasteiger partial charge on any atom is -0.378 e. The van der Waals surface area contributed by atoms with Crippen LogP contribution < -0.4 is 14.4 Å². The summed E-state index contributed by atoms with van der Waals surface area (Å²) in [6, 6.07) is 8.16. The van der Waals surface area contributed by atoms with E-state index in [4.69, 9.17) is 0 Å². The molecular weight excluding hydrogens is 350 g/mol. The molecule has 0 fully saturated rings. The highest BCUT2D eigenvalue weighted by Crippen LogP contribution is 2.20. The third-order valence-corrected chi connectivity index (χ3v) is 4.64. The van der Waals surface area contributed by atoms with Crippen LogP contribution in [0, 0.1) is 0 Å². The van der Waals surface area contributed by atoms with Gasteiger partial charge in [-0.1, -0.05) is 5.11 Å². The SMILES string of the molecule is CN(C)CCCn1cc[n+](CCC[NH+](C)C)c1N=Nc1ccc(N(C)C)cc1. The lowest BCUT2D eigenvalue weighted by molar-refractivity contribution is -0.861. The first-order valence-electron chi connectivity index (χ1n) is 10.1. The molecule has 154 valence electrons. The molecule has 7 nitrogen and oxygen atoms in total. The van der Waals surface area contributed by atoms with Crippen LogP contribution in [0.5, 0.6) is 0 Å². The highest BCUT2D eigenvalue weighted by atomic mass is 15.3. The van der Waals surface area contributed by atoms with Crippen molar-refractivity contribution < 1.29 is 9.47 Å². The van der Waals surface area contributed by atoms with E-state index >= 15 is 0 Å². The van der Waals surface area contributed by atoms with Crippen molar-refractivity contribution in [1.29, 1.82) is 0 Å². The summed E-state index contributed by atoms with van der Waals surface area (Å²) < 4.78 is 4.43. The number of imidazole rings is 1. The summed E-state index contributed by atoms with van der Waals surface area (Å²) in [5.74, 6) is 0.921. The monoisotopic (exact) mass is 387 g/mol. The Morgan fingerprint density at radius 1 is 1.00 bits per heavy atom. The van der Waals surface area contributed by atoms with Crippen LogP contribution >= 0.6 is 0 Å². The van der Waals surface area contributed by atoms with Crippen LogP contribution in [0.4, 0.5) is 17.3 Å². The van der Waals surface area contributed by atoms with Gasteiger partial charge in [-0.25, -0.2) is 9.13 Å². The van der Waals surface area contributed by atoms with Gasteiger partial charge in [0.1, 0.15) is 5.69 Å². The van der Waals surface area contributed by atoms with E-state index in [-0.39, 0.29) is 0 Å². The van der Waals surface area contributed by atoms with Gasteiger partial charge in [0.15, 0.2) is 0 Å². The third kappa shape index (κ3) is 7.05. The van der Waals surface area contributed by atoms with E-state index in [0.29, 0.717) is 0 Å². The van der Waals surface area contributed by atoms with Gasteiger partial charge in [-0.2, -0.15) is 0 Å². The number of nitrogens with zero attached hydrogens (tertiary/aromatic N) is 6. The Bertz CT molecular complexity index is 698. The lowest BCUT2D eigenvalue weighted by atomic mass is 10.3. The Kier molecular flexibility index (Phi) is 8.60. The van der Waals surface area contributed by atoms with E-state index in [0.717, 1.165) is 56.3 Å². The minimum absolute atomic E-state index is 0.871. The number of aryl methyl sites for hydroxylation is 2. The van der Waals surface area contributed by atoms with Crippen molar-refractivity contribution in [1.82, 2.24) is 9.47 Å². The van der Waals surface area contributed by atoms with Crippen molar-refractivity contribution in [2.75, 3.05) is 60.3 Å². The fourth-order valence-corrected chi connectivity index (χ4v) is 3.00. The molecule has 2 rings (SSSR count). The molecule has 0 radical (unpaired) electrons. The molecule has 28 heavy (non-hydrogen) atoms. The van der Waals surface area contributed by atoms with E-state index < -0.39 is 0 Å². The highest BCUT2D eigenvalue weighted by Gasteiger charge is 2.17. The van der Waals surface area contributed by atoms with Crippen molar-refractivity contribution in [3.05, 3.63) is 36.7 Å². The van der Waals surface area contributed by atoms with Crippen molar-refractivity contribution in [3.8, 4) is 0 Å². The molecule has 7 heteroatoms. The quantitative estimate of drug-likeness (QED) is 0.472. The zero-order valence-corrected chi connectivity index (χ0v) is 18.4. The van der Waals surface area contributed by atoms with E-state index in [9.17, 15) is 0 Å². The number of nitrogens with one attached hydrogen (secondary N) is 1. The van der Waals surface area contributed by atoms with Crippen molar-refractivity contribution in [2.45, 2.75) is 25.9 Å². The van der Waals surface area contributed by atoms with Gasteiger partial charge in [-0.05, 0) is 44.8 Å². The van der Waals surface area contributed by atoms with Crippen LogP contribution in [-0.4, -0.2) is 64.8 Å². The number of aromatic nitrogens is 2. The lowest BCUT2D eigenvalue weighted by Gasteiger charge is -2.11. The van der Waals surface area contributed by atoms with Gasteiger partial charge < -0.3 is 14.7 Å². The number of azo groups is 1. The Morgan fingerprint density at radius 2 is 1.71 bits per heavy atom. The first kappa shape index (κ1) is 22.0. The largest absolute Gasteiger partial charge is 0.421 e. The maximum absolute atomic E-state index is 4.62. The molecule has 0 bridgehead atoms. The number of anilines is 1. The van der Waals surface area contributed by atoms with Crippen LogP contribution in [0.3, 0.4) is 0 Å². The Morgan fingerprint density at radius 3 is 2.32 bits per heavy atom. The molecular formula is C21H37N7+2. The molecule has 0 atom stereocenters.